The zero-order valence-electron chi connectivity index (χ0n) is 15.2. The Morgan fingerprint density at radius 2 is 1.93 bits per heavy atom. The van der Waals surface area contributed by atoms with E-state index < -0.39 is 16.1 Å². The molecule has 29 heavy (non-hydrogen) atoms. The van der Waals surface area contributed by atoms with Gasteiger partial charge in [-0.2, -0.15) is 0 Å². The minimum absolute atomic E-state index is 0.0444. The van der Waals surface area contributed by atoms with E-state index in [1.165, 1.54) is 31.4 Å². The van der Waals surface area contributed by atoms with E-state index in [-0.39, 0.29) is 34.3 Å². The number of nitro groups is 1. The van der Waals surface area contributed by atoms with Crippen LogP contribution < -0.4 is 9.47 Å². The number of rotatable bonds is 7. The van der Waals surface area contributed by atoms with Gasteiger partial charge in [-0.15, -0.1) is 0 Å². The number of non-ortho nitro benzene ring substituents is 1. The van der Waals surface area contributed by atoms with Gasteiger partial charge in [0, 0.05) is 22.7 Å². The molecule has 0 aliphatic carbocycles. The van der Waals surface area contributed by atoms with E-state index in [0.717, 1.165) is 16.7 Å². The molecule has 1 aliphatic rings. The summed E-state index contributed by atoms with van der Waals surface area (Å²) in [5.41, 5.74) is 0.127. The van der Waals surface area contributed by atoms with Gasteiger partial charge in [-0.25, -0.2) is 0 Å². The predicted molar refractivity (Wildman–Crippen MR) is 109 cm³/mol. The van der Waals surface area contributed by atoms with E-state index in [2.05, 4.69) is 0 Å². The minimum Gasteiger partial charge on any atom is -0.493 e. The first-order chi connectivity index (χ1) is 13.9. The lowest BCUT2D eigenvalue weighted by atomic mass is 10.2. The van der Waals surface area contributed by atoms with Gasteiger partial charge in [0.15, 0.2) is 11.5 Å². The first-order valence-electron chi connectivity index (χ1n) is 8.36. The van der Waals surface area contributed by atoms with Crippen LogP contribution in [0.3, 0.4) is 0 Å². The van der Waals surface area contributed by atoms with E-state index in [1.807, 2.05) is 0 Å². The zero-order valence-corrected chi connectivity index (χ0v) is 16.7. The van der Waals surface area contributed by atoms with Crippen LogP contribution >= 0.6 is 23.4 Å². The molecule has 3 rings (SSSR count). The topological polar surface area (TPSA) is 99.0 Å². The normalized spacial score (nSPS) is 15.1. The summed E-state index contributed by atoms with van der Waals surface area (Å²) in [6, 6.07) is 10.9. The van der Waals surface area contributed by atoms with Crippen LogP contribution in [0, 0.1) is 10.1 Å². The number of nitrogens with zero attached hydrogens (tertiary/aromatic N) is 2. The van der Waals surface area contributed by atoms with Crippen LogP contribution in [0.4, 0.5) is 10.5 Å². The summed E-state index contributed by atoms with van der Waals surface area (Å²) in [7, 11) is 1.52. The summed E-state index contributed by atoms with van der Waals surface area (Å²) in [4.78, 5) is 36.4. The van der Waals surface area contributed by atoms with Crippen molar-refractivity contribution < 1.29 is 24.0 Å². The van der Waals surface area contributed by atoms with Crippen LogP contribution in [-0.4, -0.2) is 41.2 Å². The molecule has 0 N–H and O–H groups in total. The van der Waals surface area contributed by atoms with Gasteiger partial charge < -0.3 is 9.47 Å². The van der Waals surface area contributed by atoms with Crippen molar-refractivity contribution in [3.8, 4) is 11.5 Å². The summed E-state index contributed by atoms with van der Waals surface area (Å²) < 4.78 is 10.8. The number of hydrogen-bond acceptors (Lipinski definition) is 7. The highest BCUT2D eigenvalue weighted by atomic mass is 35.5. The van der Waals surface area contributed by atoms with Crippen LogP contribution in [0.5, 0.6) is 11.5 Å². The molecular weight excluding hydrogens is 420 g/mol. The highest BCUT2D eigenvalue weighted by Gasteiger charge is 2.35. The highest BCUT2D eigenvalue weighted by molar-refractivity contribution is 8.18. The van der Waals surface area contributed by atoms with Crippen LogP contribution in [0.2, 0.25) is 5.02 Å². The van der Waals surface area contributed by atoms with Gasteiger partial charge in [-0.1, -0.05) is 23.7 Å². The molecule has 2 aromatic rings. The molecule has 8 nitrogen and oxygen atoms in total. The van der Waals surface area contributed by atoms with Crippen molar-refractivity contribution in [1.29, 1.82) is 0 Å². The largest absolute Gasteiger partial charge is 0.493 e. The second-order valence-corrected chi connectivity index (χ2v) is 7.20. The summed E-state index contributed by atoms with van der Waals surface area (Å²) >= 11 is 6.80. The molecule has 0 aromatic heterocycles. The van der Waals surface area contributed by atoms with Gasteiger partial charge in [0.2, 0.25) is 0 Å². The molecule has 1 heterocycles. The number of amides is 2. The summed E-state index contributed by atoms with van der Waals surface area (Å²) in [5.74, 6) is 0.536. The van der Waals surface area contributed by atoms with Crippen LogP contribution in [0.1, 0.15) is 5.56 Å². The standard InChI is InChI=1S/C19H15ClN2O6S/c1-27-15-4-2-3-5-16(15)28-9-8-21-18(23)17(29-19(21)24)11-12-10-13(22(25)26)6-7-14(12)20/h2-7,10-11H,8-9H2,1H3/b17-11-. The molecule has 2 aromatic carbocycles. The Labute approximate surface area is 175 Å². The number of para-hydroxylation sites is 2. The van der Waals surface area contributed by atoms with Gasteiger partial charge in [0.05, 0.1) is 23.5 Å². The van der Waals surface area contributed by atoms with E-state index in [0.29, 0.717) is 11.5 Å². The molecule has 0 bridgehead atoms. The van der Waals surface area contributed by atoms with E-state index >= 15 is 0 Å². The number of thioether (sulfide) groups is 1. The molecule has 150 valence electrons. The molecule has 1 aliphatic heterocycles. The average molecular weight is 435 g/mol. The molecule has 0 radical (unpaired) electrons. The second-order valence-electron chi connectivity index (χ2n) is 5.80. The van der Waals surface area contributed by atoms with Gasteiger partial charge in [-0.3, -0.25) is 24.6 Å². The van der Waals surface area contributed by atoms with E-state index in [9.17, 15) is 19.7 Å². The predicted octanol–water partition coefficient (Wildman–Crippen LogP) is 4.37. The summed E-state index contributed by atoms with van der Waals surface area (Å²) in [6.07, 6.45) is 1.38. The lowest BCUT2D eigenvalue weighted by Gasteiger charge is -2.14. The fourth-order valence-electron chi connectivity index (χ4n) is 2.57. The number of ether oxygens (including phenoxy) is 2. The van der Waals surface area contributed by atoms with Gasteiger partial charge in [0.1, 0.15) is 6.61 Å². The Bertz CT molecular complexity index is 1010. The first-order valence-corrected chi connectivity index (χ1v) is 9.55. The highest BCUT2D eigenvalue weighted by Crippen LogP contribution is 2.34. The Morgan fingerprint density at radius 3 is 2.62 bits per heavy atom. The van der Waals surface area contributed by atoms with Crippen molar-refractivity contribution in [3.63, 3.8) is 0 Å². The molecule has 1 saturated heterocycles. The van der Waals surface area contributed by atoms with Crippen molar-refractivity contribution in [2.24, 2.45) is 0 Å². The monoisotopic (exact) mass is 434 g/mol. The van der Waals surface area contributed by atoms with Crippen LogP contribution in [0.25, 0.3) is 6.08 Å². The Hall–Kier alpha value is -3.04. The SMILES string of the molecule is COc1ccccc1OCCN1C(=O)S/C(=C\c2cc([N+](=O)[O-])ccc2Cl)C1=O. The maximum absolute atomic E-state index is 12.6. The third kappa shape index (κ3) is 4.69. The van der Waals surface area contributed by atoms with Crippen molar-refractivity contribution in [2.45, 2.75) is 0 Å². The van der Waals surface area contributed by atoms with Gasteiger partial charge >= 0.3 is 0 Å². The minimum atomic E-state index is -0.561. The fourth-order valence-corrected chi connectivity index (χ4v) is 3.60. The number of nitro benzene ring substituents is 1. The number of carbonyl (C=O) groups excluding carboxylic acids is 2. The molecular formula is C19H15ClN2O6S. The third-order valence-electron chi connectivity index (χ3n) is 3.99. The lowest BCUT2D eigenvalue weighted by Crippen LogP contribution is -2.32. The Kier molecular flexibility index (Phi) is 6.40. The third-order valence-corrected chi connectivity index (χ3v) is 5.24. The molecule has 0 atom stereocenters. The quantitative estimate of drug-likeness (QED) is 0.362. The lowest BCUT2D eigenvalue weighted by molar-refractivity contribution is -0.384. The molecule has 0 saturated carbocycles. The number of hydrogen-bond donors (Lipinski definition) is 0. The number of benzene rings is 2. The number of halogens is 1. The fraction of sp³-hybridized carbons (Fsp3) is 0.158. The molecule has 0 unspecified atom stereocenters. The zero-order chi connectivity index (χ0) is 21.0. The number of carbonyl (C=O) groups is 2. The molecule has 10 heteroatoms. The van der Waals surface area contributed by atoms with Crippen molar-refractivity contribution in [1.82, 2.24) is 4.90 Å². The molecule has 1 fully saturated rings. The van der Waals surface area contributed by atoms with E-state index in [4.69, 9.17) is 21.1 Å². The Morgan fingerprint density at radius 1 is 1.21 bits per heavy atom. The molecule has 2 amide bonds. The van der Waals surface area contributed by atoms with Crippen molar-refractivity contribution >= 4 is 46.3 Å². The first kappa shape index (κ1) is 20.7. The van der Waals surface area contributed by atoms with E-state index in [1.54, 1.807) is 24.3 Å². The maximum Gasteiger partial charge on any atom is 0.293 e. The van der Waals surface area contributed by atoms with Crippen molar-refractivity contribution in [2.75, 3.05) is 20.3 Å². The average Bonchev–Trinajstić information content (AvgIpc) is 2.97. The second kappa shape index (κ2) is 8.97. The van der Waals surface area contributed by atoms with Gasteiger partial charge in [0.25, 0.3) is 16.8 Å². The molecule has 0 spiro atoms. The van der Waals surface area contributed by atoms with Crippen molar-refractivity contribution in [3.05, 3.63) is 68.1 Å². The summed E-state index contributed by atoms with van der Waals surface area (Å²) in [6.45, 7) is 0.131. The smallest absolute Gasteiger partial charge is 0.293 e. The maximum atomic E-state index is 12.6. The summed E-state index contributed by atoms with van der Waals surface area (Å²) in [5, 5.41) is 10.7. The number of imide groups is 1. The van der Waals surface area contributed by atoms with Crippen LogP contribution in [-0.2, 0) is 4.79 Å². The van der Waals surface area contributed by atoms with Crippen LogP contribution in [0.15, 0.2) is 47.4 Å². The number of methoxy groups -OCH3 is 1. The van der Waals surface area contributed by atoms with Gasteiger partial charge in [-0.05, 0) is 36.0 Å². The Balaban J connectivity index is 1.70.